The van der Waals surface area contributed by atoms with Gasteiger partial charge in [-0.25, -0.2) is 0 Å². The quantitative estimate of drug-likeness (QED) is 0.738. The van der Waals surface area contributed by atoms with Gasteiger partial charge in [-0.15, -0.1) is 0 Å². The average molecular weight is 220 g/mol. The van der Waals surface area contributed by atoms with E-state index in [1.165, 1.54) is 5.56 Å². The highest BCUT2D eigenvalue weighted by molar-refractivity contribution is 6.30. The molecule has 0 radical (unpaired) electrons. The molecule has 1 heterocycles. The molecule has 0 aliphatic heterocycles. The van der Waals surface area contributed by atoms with Crippen molar-refractivity contribution in [2.24, 2.45) is 0 Å². The van der Waals surface area contributed by atoms with Gasteiger partial charge in [0.15, 0.2) is 0 Å². The summed E-state index contributed by atoms with van der Waals surface area (Å²) in [6.07, 6.45) is 6.42. The average Bonchev–Trinajstić information content (AvgIpc) is 2.71. The highest BCUT2D eigenvalue weighted by Crippen LogP contribution is 2.12. The lowest BCUT2D eigenvalue weighted by atomic mass is 10.1. The van der Waals surface area contributed by atoms with Gasteiger partial charge in [0.25, 0.3) is 0 Å². The van der Waals surface area contributed by atoms with Crippen LogP contribution in [0.25, 0.3) is 0 Å². The van der Waals surface area contributed by atoms with Gasteiger partial charge in [-0.1, -0.05) is 23.7 Å². The minimum atomic E-state index is 0.827. The molecule has 0 bridgehead atoms. The summed E-state index contributed by atoms with van der Waals surface area (Å²) in [5.41, 5.74) is 1.31. The Bertz CT molecular complexity index is 406. The molecule has 0 atom stereocenters. The summed E-state index contributed by atoms with van der Waals surface area (Å²) in [4.78, 5) is 0. The first kappa shape index (κ1) is 10.3. The number of hydrogen-bond acceptors (Lipinski definition) is 0. The molecule has 0 spiro atoms. The highest BCUT2D eigenvalue weighted by atomic mass is 35.5. The number of halogens is 1. The van der Waals surface area contributed by atoms with E-state index in [0.29, 0.717) is 0 Å². The zero-order valence-electron chi connectivity index (χ0n) is 8.57. The van der Waals surface area contributed by atoms with Crippen molar-refractivity contribution in [3.05, 3.63) is 59.4 Å². The van der Waals surface area contributed by atoms with Crippen LogP contribution < -0.4 is 0 Å². The number of hydrogen-bond donors (Lipinski definition) is 0. The second-order valence-electron chi connectivity index (χ2n) is 3.65. The summed E-state index contributed by atoms with van der Waals surface area (Å²) in [5, 5.41) is 0.827. The van der Waals surface area contributed by atoms with Crippen molar-refractivity contribution < 1.29 is 0 Å². The van der Waals surface area contributed by atoms with Crippen molar-refractivity contribution in [3.63, 3.8) is 0 Å². The first-order chi connectivity index (χ1) is 7.34. The Morgan fingerprint density at radius 2 is 1.87 bits per heavy atom. The third-order valence-electron chi connectivity index (χ3n) is 2.44. The summed E-state index contributed by atoms with van der Waals surface area (Å²) in [5.74, 6) is 0. The first-order valence-corrected chi connectivity index (χ1v) is 5.57. The second kappa shape index (κ2) is 5.04. The number of aryl methyl sites for hydroxylation is 2. The number of rotatable bonds is 4. The SMILES string of the molecule is Clc1cccc(CCCn2cccc2)c1. The van der Waals surface area contributed by atoms with E-state index in [1.54, 1.807) is 0 Å². The topological polar surface area (TPSA) is 4.93 Å². The summed E-state index contributed by atoms with van der Waals surface area (Å²) in [6, 6.07) is 12.2. The molecule has 0 aliphatic rings. The molecular weight excluding hydrogens is 206 g/mol. The Hall–Kier alpha value is -1.21. The number of aromatic nitrogens is 1. The Balaban J connectivity index is 1.83. The van der Waals surface area contributed by atoms with Crippen LogP contribution in [0.3, 0.4) is 0 Å². The van der Waals surface area contributed by atoms with E-state index in [-0.39, 0.29) is 0 Å². The maximum Gasteiger partial charge on any atom is 0.0408 e. The van der Waals surface area contributed by atoms with Crippen molar-refractivity contribution >= 4 is 11.6 Å². The largest absolute Gasteiger partial charge is 0.354 e. The lowest BCUT2D eigenvalue weighted by molar-refractivity contribution is 0.646. The van der Waals surface area contributed by atoms with E-state index in [9.17, 15) is 0 Å². The summed E-state index contributed by atoms with van der Waals surface area (Å²) in [6.45, 7) is 1.07. The summed E-state index contributed by atoms with van der Waals surface area (Å²) in [7, 11) is 0. The molecule has 0 saturated carbocycles. The number of benzene rings is 1. The van der Waals surface area contributed by atoms with Gasteiger partial charge in [0.05, 0.1) is 0 Å². The molecule has 2 heteroatoms. The van der Waals surface area contributed by atoms with Crippen LogP contribution in [0.4, 0.5) is 0 Å². The molecule has 0 unspecified atom stereocenters. The van der Waals surface area contributed by atoms with Crippen molar-refractivity contribution in [3.8, 4) is 0 Å². The zero-order valence-corrected chi connectivity index (χ0v) is 9.32. The van der Waals surface area contributed by atoms with Crippen LogP contribution in [0.5, 0.6) is 0 Å². The second-order valence-corrected chi connectivity index (χ2v) is 4.09. The normalized spacial score (nSPS) is 10.5. The fourth-order valence-electron chi connectivity index (χ4n) is 1.68. The maximum absolute atomic E-state index is 5.92. The molecule has 0 saturated heterocycles. The van der Waals surface area contributed by atoms with Gasteiger partial charge < -0.3 is 4.57 Å². The third kappa shape index (κ3) is 3.14. The van der Waals surface area contributed by atoms with E-state index in [2.05, 4.69) is 35.2 Å². The van der Waals surface area contributed by atoms with E-state index in [0.717, 1.165) is 24.4 Å². The predicted molar refractivity (Wildman–Crippen MR) is 64.2 cm³/mol. The molecule has 1 aromatic carbocycles. The van der Waals surface area contributed by atoms with Crippen molar-refractivity contribution in [2.45, 2.75) is 19.4 Å². The molecule has 0 aliphatic carbocycles. The van der Waals surface area contributed by atoms with Crippen LogP contribution >= 0.6 is 11.6 Å². The van der Waals surface area contributed by atoms with Gasteiger partial charge in [-0.05, 0) is 42.7 Å². The van der Waals surface area contributed by atoms with Gasteiger partial charge in [0, 0.05) is 24.0 Å². The van der Waals surface area contributed by atoms with Crippen LogP contribution in [0.1, 0.15) is 12.0 Å². The third-order valence-corrected chi connectivity index (χ3v) is 2.67. The molecule has 0 N–H and O–H groups in total. The van der Waals surface area contributed by atoms with Crippen LogP contribution in [-0.4, -0.2) is 4.57 Å². The summed E-state index contributed by atoms with van der Waals surface area (Å²) >= 11 is 5.92. The fourth-order valence-corrected chi connectivity index (χ4v) is 1.89. The molecule has 15 heavy (non-hydrogen) atoms. The van der Waals surface area contributed by atoms with Crippen LogP contribution in [-0.2, 0) is 13.0 Å². The minimum absolute atomic E-state index is 0.827. The van der Waals surface area contributed by atoms with Crippen LogP contribution in [0, 0.1) is 0 Å². The molecule has 1 nitrogen and oxygen atoms in total. The van der Waals surface area contributed by atoms with Crippen molar-refractivity contribution in [1.29, 1.82) is 0 Å². The Morgan fingerprint density at radius 1 is 1.07 bits per heavy atom. The first-order valence-electron chi connectivity index (χ1n) is 5.20. The van der Waals surface area contributed by atoms with Gasteiger partial charge in [-0.3, -0.25) is 0 Å². The molecule has 2 rings (SSSR count). The van der Waals surface area contributed by atoms with Gasteiger partial charge >= 0.3 is 0 Å². The Kier molecular flexibility index (Phi) is 3.46. The molecule has 1 aromatic heterocycles. The Labute approximate surface area is 95.3 Å². The minimum Gasteiger partial charge on any atom is -0.354 e. The van der Waals surface area contributed by atoms with E-state index < -0.39 is 0 Å². The zero-order chi connectivity index (χ0) is 10.5. The van der Waals surface area contributed by atoms with E-state index in [4.69, 9.17) is 11.6 Å². The molecular formula is C13H14ClN. The van der Waals surface area contributed by atoms with Gasteiger partial charge in [0.1, 0.15) is 0 Å². The highest BCUT2D eigenvalue weighted by Gasteiger charge is 1.95. The van der Waals surface area contributed by atoms with Crippen molar-refractivity contribution in [2.75, 3.05) is 0 Å². The Morgan fingerprint density at radius 3 is 2.60 bits per heavy atom. The number of nitrogens with zero attached hydrogens (tertiary/aromatic N) is 1. The molecule has 0 fully saturated rings. The standard InChI is InChI=1S/C13H14ClN/c14-13-7-3-5-12(11-13)6-4-10-15-8-1-2-9-15/h1-3,5,7-9,11H,4,6,10H2. The van der Waals surface area contributed by atoms with E-state index in [1.807, 2.05) is 18.2 Å². The van der Waals surface area contributed by atoms with Gasteiger partial charge in [0.2, 0.25) is 0 Å². The van der Waals surface area contributed by atoms with Crippen LogP contribution in [0.15, 0.2) is 48.8 Å². The molecule has 2 aromatic rings. The predicted octanol–water partition coefficient (Wildman–Crippen LogP) is 3.77. The fraction of sp³-hybridized carbons (Fsp3) is 0.231. The van der Waals surface area contributed by atoms with Gasteiger partial charge in [-0.2, -0.15) is 0 Å². The van der Waals surface area contributed by atoms with E-state index >= 15 is 0 Å². The summed E-state index contributed by atoms with van der Waals surface area (Å²) < 4.78 is 2.20. The smallest absolute Gasteiger partial charge is 0.0408 e. The maximum atomic E-state index is 5.92. The molecule has 78 valence electrons. The van der Waals surface area contributed by atoms with Crippen molar-refractivity contribution in [1.82, 2.24) is 4.57 Å². The van der Waals surface area contributed by atoms with Crippen LogP contribution in [0.2, 0.25) is 5.02 Å². The molecule has 0 amide bonds. The monoisotopic (exact) mass is 219 g/mol. The lowest BCUT2D eigenvalue weighted by Crippen LogP contribution is -1.96. The lowest BCUT2D eigenvalue weighted by Gasteiger charge is -2.03.